The number of alkyl halides is 3. The van der Waals surface area contributed by atoms with E-state index in [1.165, 1.54) is 6.07 Å². The summed E-state index contributed by atoms with van der Waals surface area (Å²) in [5, 5.41) is 7.61. The minimum absolute atomic E-state index is 0.168. The number of guanidine groups is 1. The first-order valence-electron chi connectivity index (χ1n) is 9.77. The molecule has 1 aliphatic heterocycles. The lowest BCUT2D eigenvalue weighted by atomic mass is 9.96. The van der Waals surface area contributed by atoms with E-state index in [4.69, 9.17) is 0 Å². The molecule has 10 heteroatoms. The first-order chi connectivity index (χ1) is 14.3. The van der Waals surface area contributed by atoms with Gasteiger partial charge in [0.15, 0.2) is 11.7 Å². The van der Waals surface area contributed by atoms with Crippen LogP contribution in [-0.4, -0.2) is 42.5 Å². The summed E-state index contributed by atoms with van der Waals surface area (Å²) in [6.07, 6.45) is -2.45. The maximum Gasteiger partial charge on any atom is 0.434 e. The maximum atomic E-state index is 13.8. The Balaban J connectivity index is 1.39. The number of piperidine rings is 1. The van der Waals surface area contributed by atoms with Gasteiger partial charge in [-0.2, -0.15) is 13.2 Å². The van der Waals surface area contributed by atoms with E-state index in [0.29, 0.717) is 23.4 Å². The summed E-state index contributed by atoms with van der Waals surface area (Å²) in [6, 6.07) is 6.85. The van der Waals surface area contributed by atoms with E-state index in [0.717, 1.165) is 54.8 Å². The zero-order chi connectivity index (χ0) is 21.6. The molecule has 0 saturated carbocycles. The van der Waals surface area contributed by atoms with E-state index in [9.17, 15) is 17.6 Å². The number of benzene rings is 1. The molecule has 1 aromatic carbocycles. The van der Waals surface area contributed by atoms with Crippen LogP contribution in [0.2, 0.25) is 0 Å². The highest BCUT2D eigenvalue weighted by Gasteiger charge is 2.33. The van der Waals surface area contributed by atoms with Crippen molar-refractivity contribution in [2.24, 2.45) is 10.9 Å². The monoisotopic (exact) mass is 443 g/mol. The van der Waals surface area contributed by atoms with Crippen LogP contribution in [0.15, 0.2) is 34.6 Å². The molecule has 1 saturated heterocycles. The number of aliphatic imine (C=N–C) groups is 1. The number of hydrogen-bond acceptors (Lipinski definition) is 4. The molecule has 3 rings (SSSR count). The van der Waals surface area contributed by atoms with E-state index < -0.39 is 11.9 Å². The molecule has 1 fully saturated rings. The van der Waals surface area contributed by atoms with Crippen LogP contribution in [0.4, 0.5) is 17.6 Å². The van der Waals surface area contributed by atoms with E-state index in [1.807, 2.05) is 12.1 Å². The fourth-order valence-corrected chi connectivity index (χ4v) is 4.10. The Bertz CT molecular complexity index is 844. The van der Waals surface area contributed by atoms with Crippen LogP contribution in [0.3, 0.4) is 0 Å². The molecule has 5 nitrogen and oxygen atoms in total. The molecule has 0 radical (unpaired) electrons. The summed E-state index contributed by atoms with van der Waals surface area (Å²) in [5.41, 5.74) is -0.149. The molecular weight excluding hydrogens is 418 g/mol. The minimum Gasteiger partial charge on any atom is -0.356 e. The van der Waals surface area contributed by atoms with E-state index >= 15 is 0 Å². The highest BCUT2D eigenvalue weighted by atomic mass is 32.1. The molecule has 0 atom stereocenters. The van der Waals surface area contributed by atoms with Crippen molar-refractivity contribution >= 4 is 17.3 Å². The van der Waals surface area contributed by atoms with Crippen molar-refractivity contribution in [2.75, 3.05) is 26.7 Å². The Morgan fingerprint density at radius 2 is 1.97 bits per heavy atom. The third-order valence-electron chi connectivity index (χ3n) is 5.09. The molecule has 0 spiro atoms. The standard InChI is InChI=1S/C20H25F4N5S/c1-25-19(27-11-18-28-17(13-30-18)20(22,23)24)26-10-14-6-8-29(9-7-14)12-15-4-2-3-5-16(15)21/h2-5,13-14H,6-12H2,1H3,(H2,25,26,27). The number of likely N-dealkylation sites (tertiary alicyclic amines) is 1. The summed E-state index contributed by atoms with van der Waals surface area (Å²) < 4.78 is 51.7. The molecule has 2 aromatic rings. The van der Waals surface area contributed by atoms with Crippen LogP contribution in [0.5, 0.6) is 0 Å². The Morgan fingerprint density at radius 1 is 1.23 bits per heavy atom. The van der Waals surface area contributed by atoms with Crippen LogP contribution in [0, 0.1) is 11.7 Å². The van der Waals surface area contributed by atoms with Gasteiger partial charge in [0.1, 0.15) is 10.8 Å². The van der Waals surface area contributed by atoms with Crippen molar-refractivity contribution in [3.05, 3.63) is 51.7 Å². The summed E-state index contributed by atoms with van der Waals surface area (Å²) in [7, 11) is 1.62. The molecule has 0 bridgehead atoms. The molecule has 30 heavy (non-hydrogen) atoms. The normalized spacial score (nSPS) is 16.6. The van der Waals surface area contributed by atoms with Gasteiger partial charge in [0.25, 0.3) is 0 Å². The van der Waals surface area contributed by atoms with Gasteiger partial charge in [0.2, 0.25) is 0 Å². The van der Waals surface area contributed by atoms with Crippen molar-refractivity contribution in [1.82, 2.24) is 20.5 Å². The average molecular weight is 444 g/mol. The van der Waals surface area contributed by atoms with Crippen LogP contribution < -0.4 is 10.6 Å². The molecule has 164 valence electrons. The number of nitrogens with zero attached hydrogens (tertiary/aromatic N) is 3. The topological polar surface area (TPSA) is 52.6 Å². The second-order valence-electron chi connectivity index (χ2n) is 7.24. The molecule has 0 amide bonds. The molecule has 2 N–H and O–H groups in total. The fraction of sp³-hybridized carbons (Fsp3) is 0.500. The van der Waals surface area contributed by atoms with Gasteiger partial charge in [-0.15, -0.1) is 11.3 Å². The lowest BCUT2D eigenvalue weighted by Gasteiger charge is -2.32. The Labute approximate surface area is 177 Å². The summed E-state index contributed by atoms with van der Waals surface area (Å²) in [6.45, 7) is 3.31. The number of halogens is 4. The molecule has 1 aromatic heterocycles. The van der Waals surface area contributed by atoms with Crippen molar-refractivity contribution in [3.8, 4) is 0 Å². The largest absolute Gasteiger partial charge is 0.434 e. The average Bonchev–Trinajstić information content (AvgIpc) is 3.21. The van der Waals surface area contributed by atoms with Gasteiger partial charge in [0, 0.05) is 31.1 Å². The van der Waals surface area contributed by atoms with Crippen molar-refractivity contribution in [1.29, 1.82) is 0 Å². The van der Waals surface area contributed by atoms with Crippen LogP contribution >= 0.6 is 11.3 Å². The molecule has 0 aliphatic carbocycles. The maximum absolute atomic E-state index is 13.8. The van der Waals surface area contributed by atoms with Crippen LogP contribution in [0.1, 0.15) is 29.1 Å². The molecule has 2 heterocycles. The van der Waals surface area contributed by atoms with Gasteiger partial charge in [-0.3, -0.25) is 9.89 Å². The first-order valence-corrected chi connectivity index (χ1v) is 10.6. The van der Waals surface area contributed by atoms with E-state index in [1.54, 1.807) is 13.1 Å². The number of hydrogen-bond donors (Lipinski definition) is 2. The van der Waals surface area contributed by atoms with Gasteiger partial charge < -0.3 is 10.6 Å². The first kappa shape index (κ1) is 22.5. The lowest BCUT2D eigenvalue weighted by Crippen LogP contribution is -2.42. The fourth-order valence-electron chi connectivity index (χ4n) is 3.36. The van der Waals surface area contributed by atoms with Crippen LogP contribution in [-0.2, 0) is 19.3 Å². The molecule has 0 unspecified atom stereocenters. The Morgan fingerprint density at radius 3 is 2.60 bits per heavy atom. The van der Waals surface area contributed by atoms with Crippen molar-refractivity contribution in [3.63, 3.8) is 0 Å². The number of aromatic nitrogens is 1. The van der Waals surface area contributed by atoms with Gasteiger partial charge in [-0.25, -0.2) is 9.37 Å². The predicted molar refractivity (Wildman–Crippen MR) is 110 cm³/mol. The molecular formula is C20H25F4N5S. The van der Waals surface area contributed by atoms with Gasteiger partial charge in [-0.1, -0.05) is 18.2 Å². The summed E-state index contributed by atoms with van der Waals surface area (Å²) in [5.74, 6) is 0.823. The van der Waals surface area contributed by atoms with Crippen molar-refractivity contribution < 1.29 is 17.6 Å². The number of nitrogens with one attached hydrogen (secondary N) is 2. The zero-order valence-electron chi connectivity index (χ0n) is 16.7. The summed E-state index contributed by atoms with van der Waals surface area (Å²) in [4.78, 5) is 9.98. The quantitative estimate of drug-likeness (QED) is 0.404. The minimum atomic E-state index is -4.42. The SMILES string of the molecule is CN=C(NCc1nc(C(F)(F)F)cs1)NCC1CCN(Cc2ccccc2F)CC1. The van der Waals surface area contributed by atoms with Gasteiger partial charge in [0.05, 0.1) is 6.54 Å². The van der Waals surface area contributed by atoms with Crippen LogP contribution in [0.25, 0.3) is 0 Å². The van der Waals surface area contributed by atoms with E-state index in [2.05, 4.69) is 25.5 Å². The number of rotatable bonds is 6. The highest BCUT2D eigenvalue weighted by molar-refractivity contribution is 7.09. The third kappa shape index (κ3) is 6.40. The lowest BCUT2D eigenvalue weighted by molar-refractivity contribution is -0.140. The van der Waals surface area contributed by atoms with Crippen molar-refractivity contribution in [2.45, 2.75) is 32.1 Å². The second-order valence-corrected chi connectivity index (χ2v) is 8.18. The van der Waals surface area contributed by atoms with Gasteiger partial charge >= 0.3 is 6.18 Å². The smallest absolute Gasteiger partial charge is 0.356 e. The number of thiazole rings is 1. The predicted octanol–water partition coefficient (Wildman–Crippen LogP) is 3.88. The molecule has 1 aliphatic rings. The zero-order valence-corrected chi connectivity index (χ0v) is 17.5. The third-order valence-corrected chi connectivity index (χ3v) is 5.94. The van der Waals surface area contributed by atoms with Gasteiger partial charge in [-0.05, 0) is 37.9 Å². The second kappa shape index (κ2) is 10.2. The summed E-state index contributed by atoms with van der Waals surface area (Å²) >= 11 is 0.968. The highest BCUT2D eigenvalue weighted by Crippen LogP contribution is 2.29. The Kier molecular flexibility index (Phi) is 7.65. The van der Waals surface area contributed by atoms with E-state index in [-0.39, 0.29) is 12.4 Å². The Hall–Kier alpha value is -2.20.